The molecule has 0 aliphatic heterocycles. The topological polar surface area (TPSA) is 73.8 Å². The van der Waals surface area contributed by atoms with E-state index in [1.165, 1.54) is 17.2 Å². The van der Waals surface area contributed by atoms with Crippen LogP contribution in [-0.4, -0.2) is 25.2 Å². The van der Waals surface area contributed by atoms with Crippen molar-refractivity contribution in [3.05, 3.63) is 97.9 Å². The molecule has 0 saturated carbocycles. The van der Waals surface area contributed by atoms with Gasteiger partial charge < -0.3 is 9.88 Å². The standard InChI is InChI=1S/C23H24ClN5O2/c1-27-21-20(22(30)28(2)23(27)31)29(15-26-21)14-6-13-25-19(16-7-4-3-5-8-16)17-9-11-18(24)12-10-17/h3-5,7-12,15,19,25H,6,13-14H2,1-2H3. The Hall–Kier alpha value is -3.16. The van der Waals surface area contributed by atoms with Crippen LogP contribution >= 0.6 is 11.6 Å². The molecule has 2 heterocycles. The molecule has 4 rings (SSSR count). The summed E-state index contributed by atoms with van der Waals surface area (Å²) in [6.07, 6.45) is 2.41. The molecule has 0 spiro atoms. The molecule has 1 unspecified atom stereocenters. The summed E-state index contributed by atoms with van der Waals surface area (Å²) in [4.78, 5) is 29.0. The molecule has 8 heteroatoms. The van der Waals surface area contributed by atoms with Gasteiger partial charge in [0.1, 0.15) is 0 Å². The molecule has 0 aliphatic rings. The number of nitrogens with one attached hydrogen (secondary N) is 1. The molecule has 1 atom stereocenters. The number of hydrogen-bond donors (Lipinski definition) is 1. The fourth-order valence-corrected chi connectivity index (χ4v) is 3.92. The molecule has 7 nitrogen and oxygen atoms in total. The lowest BCUT2D eigenvalue weighted by Crippen LogP contribution is -2.37. The normalized spacial score (nSPS) is 12.4. The van der Waals surface area contributed by atoms with E-state index in [1.807, 2.05) is 47.0 Å². The molecule has 0 amide bonds. The van der Waals surface area contributed by atoms with E-state index in [0.29, 0.717) is 22.7 Å². The molecule has 0 aliphatic carbocycles. The molecule has 0 saturated heterocycles. The Morgan fingerprint density at radius 2 is 1.65 bits per heavy atom. The van der Waals surface area contributed by atoms with Crippen molar-refractivity contribution in [1.82, 2.24) is 24.0 Å². The summed E-state index contributed by atoms with van der Waals surface area (Å²) in [6, 6.07) is 18.1. The van der Waals surface area contributed by atoms with Gasteiger partial charge in [0.05, 0.1) is 12.4 Å². The molecular weight excluding hydrogens is 414 g/mol. The van der Waals surface area contributed by atoms with Crippen LogP contribution < -0.4 is 16.6 Å². The van der Waals surface area contributed by atoms with Crippen LogP contribution in [0.25, 0.3) is 11.2 Å². The van der Waals surface area contributed by atoms with Crippen molar-refractivity contribution < 1.29 is 0 Å². The largest absolute Gasteiger partial charge is 0.332 e. The van der Waals surface area contributed by atoms with Gasteiger partial charge in [-0.3, -0.25) is 13.9 Å². The highest BCUT2D eigenvalue weighted by molar-refractivity contribution is 6.30. The van der Waals surface area contributed by atoms with Gasteiger partial charge in [-0.05, 0) is 36.2 Å². The molecular formula is C23H24ClN5O2. The van der Waals surface area contributed by atoms with Crippen molar-refractivity contribution in [2.45, 2.75) is 19.0 Å². The van der Waals surface area contributed by atoms with Crippen molar-refractivity contribution in [1.29, 1.82) is 0 Å². The van der Waals surface area contributed by atoms with Gasteiger partial charge in [0.15, 0.2) is 11.2 Å². The summed E-state index contributed by atoms with van der Waals surface area (Å²) >= 11 is 6.06. The van der Waals surface area contributed by atoms with Crippen LogP contribution in [0, 0.1) is 0 Å². The molecule has 2 aromatic heterocycles. The third kappa shape index (κ3) is 4.19. The van der Waals surface area contributed by atoms with Crippen LogP contribution in [0.1, 0.15) is 23.6 Å². The maximum atomic E-state index is 12.6. The van der Waals surface area contributed by atoms with Gasteiger partial charge in [-0.25, -0.2) is 9.78 Å². The van der Waals surface area contributed by atoms with E-state index >= 15 is 0 Å². The van der Waals surface area contributed by atoms with E-state index in [0.717, 1.165) is 23.1 Å². The highest BCUT2D eigenvalue weighted by Crippen LogP contribution is 2.23. The SMILES string of the molecule is Cn1c(=O)c2c(ncn2CCCNC(c2ccccc2)c2ccc(Cl)cc2)n(C)c1=O. The van der Waals surface area contributed by atoms with E-state index in [-0.39, 0.29) is 17.3 Å². The number of halogens is 1. The van der Waals surface area contributed by atoms with Crippen LogP contribution in [0.5, 0.6) is 0 Å². The first-order valence-corrected chi connectivity index (χ1v) is 10.5. The number of rotatable bonds is 7. The third-order valence-electron chi connectivity index (χ3n) is 5.48. The number of aryl methyl sites for hydroxylation is 2. The number of aromatic nitrogens is 4. The fourth-order valence-electron chi connectivity index (χ4n) is 3.79. The van der Waals surface area contributed by atoms with Crippen LogP contribution in [0.15, 0.2) is 70.5 Å². The average Bonchev–Trinajstić information content (AvgIpc) is 3.22. The molecule has 1 N–H and O–H groups in total. The third-order valence-corrected chi connectivity index (χ3v) is 5.73. The van der Waals surface area contributed by atoms with Gasteiger partial charge in [0, 0.05) is 25.7 Å². The van der Waals surface area contributed by atoms with E-state index in [2.05, 4.69) is 22.4 Å². The predicted molar refractivity (Wildman–Crippen MR) is 123 cm³/mol. The number of hydrogen-bond acceptors (Lipinski definition) is 4. The van der Waals surface area contributed by atoms with E-state index in [9.17, 15) is 9.59 Å². The summed E-state index contributed by atoms with van der Waals surface area (Å²) < 4.78 is 4.33. The first kappa shape index (κ1) is 21.1. The van der Waals surface area contributed by atoms with Crippen molar-refractivity contribution >= 4 is 22.8 Å². The van der Waals surface area contributed by atoms with E-state index < -0.39 is 0 Å². The van der Waals surface area contributed by atoms with Crippen LogP contribution in [0.4, 0.5) is 0 Å². The fraction of sp³-hybridized carbons (Fsp3) is 0.261. The maximum Gasteiger partial charge on any atom is 0.332 e. The molecule has 0 bridgehead atoms. The smallest absolute Gasteiger partial charge is 0.325 e. The Kier molecular flexibility index (Phi) is 6.06. The summed E-state index contributed by atoms with van der Waals surface area (Å²) in [6.45, 7) is 1.34. The highest BCUT2D eigenvalue weighted by Gasteiger charge is 2.15. The van der Waals surface area contributed by atoms with Gasteiger partial charge in [0.2, 0.25) is 0 Å². The Bertz CT molecular complexity index is 1310. The summed E-state index contributed by atoms with van der Waals surface area (Å²) in [5.41, 5.74) is 2.45. The Balaban J connectivity index is 1.51. The van der Waals surface area contributed by atoms with E-state index in [1.54, 1.807) is 13.4 Å². The maximum absolute atomic E-state index is 12.6. The monoisotopic (exact) mass is 437 g/mol. The molecule has 0 fully saturated rings. The minimum atomic E-state index is -0.377. The van der Waals surface area contributed by atoms with Crippen LogP contribution in [0.3, 0.4) is 0 Å². The zero-order valence-electron chi connectivity index (χ0n) is 17.5. The van der Waals surface area contributed by atoms with Crippen molar-refractivity contribution in [2.24, 2.45) is 14.1 Å². The quantitative estimate of drug-likeness (QED) is 0.451. The van der Waals surface area contributed by atoms with Gasteiger partial charge in [-0.1, -0.05) is 54.1 Å². The highest BCUT2D eigenvalue weighted by atomic mass is 35.5. The second-order valence-electron chi connectivity index (χ2n) is 7.52. The lowest BCUT2D eigenvalue weighted by molar-refractivity contribution is 0.547. The second kappa shape index (κ2) is 8.91. The minimum absolute atomic E-state index is 0.0340. The predicted octanol–water partition coefficient (Wildman–Crippen LogP) is 2.86. The Morgan fingerprint density at radius 1 is 0.968 bits per heavy atom. The van der Waals surface area contributed by atoms with Crippen LogP contribution in [0.2, 0.25) is 5.02 Å². The summed E-state index contributed by atoms with van der Waals surface area (Å²) in [5, 5.41) is 4.32. The molecule has 4 aromatic rings. The van der Waals surface area contributed by atoms with Crippen LogP contribution in [-0.2, 0) is 20.6 Å². The van der Waals surface area contributed by atoms with E-state index in [4.69, 9.17) is 11.6 Å². The zero-order valence-corrected chi connectivity index (χ0v) is 18.2. The Labute approximate surface area is 184 Å². The lowest BCUT2D eigenvalue weighted by Gasteiger charge is -2.20. The van der Waals surface area contributed by atoms with Gasteiger partial charge in [-0.15, -0.1) is 0 Å². The second-order valence-corrected chi connectivity index (χ2v) is 7.96. The number of fused-ring (bicyclic) bond motifs is 1. The summed E-state index contributed by atoms with van der Waals surface area (Å²) in [5.74, 6) is 0. The van der Waals surface area contributed by atoms with Gasteiger partial charge in [-0.2, -0.15) is 0 Å². The Morgan fingerprint density at radius 3 is 2.35 bits per heavy atom. The van der Waals surface area contributed by atoms with Gasteiger partial charge in [0.25, 0.3) is 5.56 Å². The van der Waals surface area contributed by atoms with Crippen molar-refractivity contribution in [2.75, 3.05) is 6.54 Å². The van der Waals surface area contributed by atoms with Crippen molar-refractivity contribution in [3.63, 3.8) is 0 Å². The zero-order chi connectivity index (χ0) is 22.0. The molecule has 160 valence electrons. The van der Waals surface area contributed by atoms with Crippen molar-refractivity contribution in [3.8, 4) is 0 Å². The number of imidazole rings is 1. The average molecular weight is 438 g/mol. The minimum Gasteiger partial charge on any atom is -0.325 e. The summed E-state index contributed by atoms with van der Waals surface area (Å²) in [7, 11) is 3.11. The lowest BCUT2D eigenvalue weighted by atomic mass is 9.98. The molecule has 0 radical (unpaired) electrons. The number of benzene rings is 2. The van der Waals surface area contributed by atoms with Gasteiger partial charge >= 0.3 is 5.69 Å². The molecule has 2 aromatic carbocycles. The molecule has 31 heavy (non-hydrogen) atoms. The first-order valence-electron chi connectivity index (χ1n) is 10.1. The number of nitrogens with zero attached hydrogens (tertiary/aromatic N) is 4. The first-order chi connectivity index (χ1) is 15.0.